The summed E-state index contributed by atoms with van der Waals surface area (Å²) in [5.74, 6) is 1.83. The lowest BCUT2D eigenvalue weighted by atomic mass is 9.89. The van der Waals surface area contributed by atoms with E-state index < -0.39 is 0 Å². The van der Waals surface area contributed by atoms with Crippen molar-refractivity contribution in [3.8, 4) is 0 Å². The molecule has 1 aliphatic carbocycles. The van der Waals surface area contributed by atoms with Crippen LogP contribution in [0.2, 0.25) is 0 Å². The van der Waals surface area contributed by atoms with Gasteiger partial charge in [0.2, 0.25) is 0 Å². The molecule has 0 spiro atoms. The predicted octanol–water partition coefficient (Wildman–Crippen LogP) is 3.36. The van der Waals surface area contributed by atoms with Crippen molar-refractivity contribution in [1.29, 1.82) is 0 Å². The Kier molecular flexibility index (Phi) is 5.30. The van der Waals surface area contributed by atoms with Gasteiger partial charge in [0, 0.05) is 18.7 Å². The third-order valence-corrected chi connectivity index (χ3v) is 4.59. The zero-order chi connectivity index (χ0) is 12.1. The molecule has 1 saturated carbocycles. The van der Waals surface area contributed by atoms with Crippen molar-refractivity contribution < 1.29 is 4.74 Å². The van der Waals surface area contributed by atoms with E-state index in [0.717, 1.165) is 31.1 Å². The standard InChI is InChI=1S/C15H29NO/c1-12(2)13-5-3-6-14(9-8-13)16-15-7-4-10-17-11-15/h12-16H,3-11H2,1-2H3. The molecule has 0 aromatic rings. The van der Waals surface area contributed by atoms with Gasteiger partial charge in [-0.1, -0.05) is 26.7 Å². The SMILES string of the molecule is CC(C)C1CCCC(NC2CCCOC2)CC1. The van der Waals surface area contributed by atoms with Gasteiger partial charge in [-0.3, -0.25) is 0 Å². The minimum Gasteiger partial charge on any atom is -0.380 e. The van der Waals surface area contributed by atoms with Crippen LogP contribution in [0.5, 0.6) is 0 Å². The van der Waals surface area contributed by atoms with Crippen molar-refractivity contribution in [3.05, 3.63) is 0 Å². The van der Waals surface area contributed by atoms with Crippen LogP contribution in [-0.4, -0.2) is 25.3 Å². The molecule has 0 radical (unpaired) electrons. The van der Waals surface area contributed by atoms with Crippen molar-refractivity contribution in [2.24, 2.45) is 11.8 Å². The first-order valence-corrected chi connectivity index (χ1v) is 7.59. The average molecular weight is 239 g/mol. The maximum atomic E-state index is 5.55. The molecule has 2 heteroatoms. The van der Waals surface area contributed by atoms with Crippen LogP contribution < -0.4 is 5.32 Å². The molecule has 0 aromatic carbocycles. The number of nitrogens with one attached hydrogen (secondary N) is 1. The fourth-order valence-electron chi connectivity index (χ4n) is 3.37. The monoisotopic (exact) mass is 239 g/mol. The first kappa shape index (κ1) is 13.4. The second kappa shape index (κ2) is 6.75. The Balaban J connectivity index is 1.74. The van der Waals surface area contributed by atoms with Crippen LogP contribution in [0.1, 0.15) is 58.8 Å². The van der Waals surface area contributed by atoms with E-state index in [0.29, 0.717) is 6.04 Å². The van der Waals surface area contributed by atoms with Crippen LogP contribution in [0, 0.1) is 11.8 Å². The smallest absolute Gasteiger partial charge is 0.0619 e. The Hall–Kier alpha value is -0.0800. The summed E-state index contributed by atoms with van der Waals surface area (Å²) in [7, 11) is 0. The topological polar surface area (TPSA) is 21.3 Å². The highest BCUT2D eigenvalue weighted by Gasteiger charge is 2.23. The summed E-state index contributed by atoms with van der Waals surface area (Å²) in [5, 5.41) is 3.83. The van der Waals surface area contributed by atoms with Crippen molar-refractivity contribution >= 4 is 0 Å². The van der Waals surface area contributed by atoms with Crippen LogP contribution in [-0.2, 0) is 4.74 Å². The van der Waals surface area contributed by atoms with Gasteiger partial charge in [0.1, 0.15) is 0 Å². The van der Waals surface area contributed by atoms with Gasteiger partial charge in [-0.25, -0.2) is 0 Å². The third-order valence-electron chi connectivity index (χ3n) is 4.59. The molecule has 1 aliphatic heterocycles. The Labute approximate surface area is 107 Å². The summed E-state index contributed by atoms with van der Waals surface area (Å²) in [6.45, 7) is 6.67. The van der Waals surface area contributed by atoms with Gasteiger partial charge in [0.25, 0.3) is 0 Å². The summed E-state index contributed by atoms with van der Waals surface area (Å²) in [4.78, 5) is 0. The highest BCUT2D eigenvalue weighted by molar-refractivity contribution is 4.80. The zero-order valence-corrected chi connectivity index (χ0v) is 11.6. The molecule has 1 N–H and O–H groups in total. The maximum Gasteiger partial charge on any atom is 0.0619 e. The quantitative estimate of drug-likeness (QED) is 0.763. The molecule has 2 rings (SSSR count). The van der Waals surface area contributed by atoms with E-state index in [9.17, 15) is 0 Å². The molecule has 17 heavy (non-hydrogen) atoms. The molecule has 2 aliphatic rings. The van der Waals surface area contributed by atoms with Crippen LogP contribution in [0.15, 0.2) is 0 Å². The highest BCUT2D eigenvalue weighted by atomic mass is 16.5. The summed E-state index contributed by atoms with van der Waals surface area (Å²) in [6, 6.07) is 1.38. The van der Waals surface area contributed by atoms with Crippen LogP contribution in [0.4, 0.5) is 0 Å². The fourth-order valence-corrected chi connectivity index (χ4v) is 3.37. The molecule has 3 unspecified atom stereocenters. The van der Waals surface area contributed by atoms with Gasteiger partial charge in [-0.15, -0.1) is 0 Å². The summed E-state index contributed by atoms with van der Waals surface area (Å²) in [6.07, 6.45) is 9.57. The highest BCUT2D eigenvalue weighted by Crippen LogP contribution is 2.29. The lowest BCUT2D eigenvalue weighted by Crippen LogP contribution is -2.43. The second-order valence-corrected chi connectivity index (χ2v) is 6.29. The summed E-state index contributed by atoms with van der Waals surface area (Å²) >= 11 is 0. The number of ether oxygens (including phenoxy) is 1. The Bertz CT molecular complexity index is 211. The lowest BCUT2D eigenvalue weighted by molar-refractivity contribution is 0.0654. The molecule has 1 saturated heterocycles. The molecule has 0 aromatic heterocycles. The van der Waals surface area contributed by atoms with Crippen molar-refractivity contribution in [2.45, 2.75) is 70.9 Å². The average Bonchev–Trinajstić information content (AvgIpc) is 2.56. The Morgan fingerprint density at radius 1 is 0.941 bits per heavy atom. The molecule has 2 nitrogen and oxygen atoms in total. The molecular weight excluding hydrogens is 210 g/mol. The summed E-state index contributed by atoms with van der Waals surface area (Å²) in [5.41, 5.74) is 0. The van der Waals surface area contributed by atoms with E-state index in [1.165, 1.54) is 44.9 Å². The molecule has 2 fully saturated rings. The zero-order valence-electron chi connectivity index (χ0n) is 11.6. The molecular formula is C15H29NO. The van der Waals surface area contributed by atoms with Gasteiger partial charge in [0.15, 0.2) is 0 Å². The number of hydrogen-bond acceptors (Lipinski definition) is 2. The minimum atomic E-state index is 0.629. The van der Waals surface area contributed by atoms with Crippen LogP contribution in [0.3, 0.4) is 0 Å². The van der Waals surface area contributed by atoms with Gasteiger partial charge >= 0.3 is 0 Å². The normalized spacial score (nSPS) is 35.8. The van der Waals surface area contributed by atoms with E-state index in [1.807, 2.05) is 0 Å². The van der Waals surface area contributed by atoms with Gasteiger partial charge in [-0.05, 0) is 43.9 Å². The molecule has 0 amide bonds. The van der Waals surface area contributed by atoms with Crippen LogP contribution >= 0.6 is 0 Å². The Morgan fingerprint density at radius 2 is 1.76 bits per heavy atom. The van der Waals surface area contributed by atoms with Crippen LogP contribution in [0.25, 0.3) is 0 Å². The molecule has 0 bridgehead atoms. The third kappa shape index (κ3) is 4.26. The number of hydrogen-bond donors (Lipinski definition) is 1. The van der Waals surface area contributed by atoms with E-state index in [2.05, 4.69) is 19.2 Å². The van der Waals surface area contributed by atoms with E-state index in [-0.39, 0.29) is 0 Å². The second-order valence-electron chi connectivity index (χ2n) is 6.29. The minimum absolute atomic E-state index is 0.629. The first-order chi connectivity index (χ1) is 8.25. The van der Waals surface area contributed by atoms with Crippen molar-refractivity contribution in [2.75, 3.05) is 13.2 Å². The molecule has 3 atom stereocenters. The number of rotatable bonds is 3. The summed E-state index contributed by atoms with van der Waals surface area (Å²) < 4.78 is 5.55. The van der Waals surface area contributed by atoms with Gasteiger partial charge < -0.3 is 10.1 Å². The largest absolute Gasteiger partial charge is 0.380 e. The van der Waals surface area contributed by atoms with Gasteiger partial charge in [-0.2, -0.15) is 0 Å². The first-order valence-electron chi connectivity index (χ1n) is 7.59. The fraction of sp³-hybridized carbons (Fsp3) is 1.00. The van der Waals surface area contributed by atoms with E-state index in [1.54, 1.807) is 0 Å². The van der Waals surface area contributed by atoms with E-state index >= 15 is 0 Å². The predicted molar refractivity (Wildman–Crippen MR) is 72.2 cm³/mol. The lowest BCUT2D eigenvalue weighted by Gasteiger charge is -2.28. The van der Waals surface area contributed by atoms with Crippen molar-refractivity contribution in [1.82, 2.24) is 5.32 Å². The van der Waals surface area contributed by atoms with Crippen molar-refractivity contribution in [3.63, 3.8) is 0 Å². The van der Waals surface area contributed by atoms with Gasteiger partial charge in [0.05, 0.1) is 6.61 Å². The van der Waals surface area contributed by atoms with E-state index in [4.69, 9.17) is 4.74 Å². The maximum absolute atomic E-state index is 5.55. The molecule has 1 heterocycles. The molecule has 100 valence electrons. The Morgan fingerprint density at radius 3 is 2.47 bits per heavy atom.